The number of carbonyl (C=O) groups excluding carboxylic acids is 1. The molecule has 3 aromatic rings. The summed E-state index contributed by atoms with van der Waals surface area (Å²) in [6.45, 7) is 2.04. The maximum Gasteiger partial charge on any atom is 0.224 e. The number of hydrogen-bond acceptors (Lipinski definition) is 3. The van der Waals surface area contributed by atoms with Gasteiger partial charge in [-0.05, 0) is 61.4 Å². The van der Waals surface area contributed by atoms with Gasteiger partial charge in [0.25, 0.3) is 0 Å². The average molecular weight is 332 g/mol. The quantitative estimate of drug-likeness (QED) is 0.708. The molecule has 0 radical (unpaired) electrons. The number of rotatable bonds is 6. The predicted octanol–water partition coefficient (Wildman–Crippen LogP) is 4.75. The highest BCUT2D eigenvalue weighted by molar-refractivity contribution is 5.90. The van der Waals surface area contributed by atoms with Crippen LogP contribution in [0.5, 0.6) is 11.5 Å². The smallest absolute Gasteiger partial charge is 0.224 e. The molecule has 1 heterocycles. The molecule has 1 N–H and O–H groups in total. The molecular formula is C21H20N2O2. The monoisotopic (exact) mass is 332 g/mol. The normalized spacial score (nSPS) is 10.3. The summed E-state index contributed by atoms with van der Waals surface area (Å²) in [5.74, 6) is 1.51. The number of anilines is 1. The second kappa shape index (κ2) is 8.11. The predicted molar refractivity (Wildman–Crippen MR) is 98.9 cm³/mol. The van der Waals surface area contributed by atoms with E-state index in [4.69, 9.17) is 4.74 Å². The fraction of sp³-hybridized carbons (Fsp3) is 0.143. The number of aryl methyl sites for hydroxylation is 2. The van der Waals surface area contributed by atoms with Crippen molar-refractivity contribution in [3.63, 3.8) is 0 Å². The van der Waals surface area contributed by atoms with Crippen molar-refractivity contribution >= 4 is 11.6 Å². The van der Waals surface area contributed by atoms with Crippen LogP contribution in [0.15, 0.2) is 73.1 Å². The lowest BCUT2D eigenvalue weighted by Gasteiger charge is -2.08. The molecule has 3 rings (SSSR count). The summed E-state index contributed by atoms with van der Waals surface area (Å²) in [6.07, 6.45) is 4.61. The Balaban J connectivity index is 1.51. The van der Waals surface area contributed by atoms with Gasteiger partial charge in [0.05, 0.1) is 0 Å². The first-order valence-electron chi connectivity index (χ1n) is 8.22. The highest BCUT2D eigenvalue weighted by atomic mass is 16.5. The lowest BCUT2D eigenvalue weighted by Crippen LogP contribution is -2.12. The standard InChI is InChI=1S/C21H20N2O2/c1-16-4-9-19(10-5-16)25-20-11-7-18(8-12-20)23-21(24)13-6-17-3-2-14-22-15-17/h2-5,7-12,14-15H,6,13H2,1H3,(H,23,24). The summed E-state index contributed by atoms with van der Waals surface area (Å²) in [5.41, 5.74) is 3.00. The third-order valence-electron chi connectivity index (χ3n) is 3.76. The van der Waals surface area contributed by atoms with E-state index in [9.17, 15) is 4.79 Å². The molecule has 0 aliphatic heterocycles. The molecule has 4 nitrogen and oxygen atoms in total. The molecule has 0 bridgehead atoms. The summed E-state index contributed by atoms with van der Waals surface area (Å²) >= 11 is 0. The molecule has 1 aromatic heterocycles. The third-order valence-corrected chi connectivity index (χ3v) is 3.76. The number of nitrogens with zero attached hydrogens (tertiary/aromatic N) is 1. The van der Waals surface area contributed by atoms with Crippen molar-refractivity contribution in [2.45, 2.75) is 19.8 Å². The second-order valence-electron chi connectivity index (χ2n) is 5.85. The molecule has 4 heteroatoms. The number of ether oxygens (including phenoxy) is 1. The lowest BCUT2D eigenvalue weighted by atomic mass is 10.1. The molecule has 0 saturated carbocycles. The van der Waals surface area contributed by atoms with E-state index in [1.54, 1.807) is 12.4 Å². The zero-order valence-electron chi connectivity index (χ0n) is 14.1. The summed E-state index contributed by atoms with van der Waals surface area (Å²) in [7, 11) is 0. The molecule has 1 amide bonds. The summed E-state index contributed by atoms with van der Waals surface area (Å²) < 4.78 is 5.78. The number of amides is 1. The Kier molecular flexibility index (Phi) is 5.42. The Labute approximate surface area is 147 Å². The Morgan fingerprint density at radius 3 is 2.32 bits per heavy atom. The van der Waals surface area contributed by atoms with Crippen molar-refractivity contribution in [1.29, 1.82) is 0 Å². The van der Waals surface area contributed by atoms with Gasteiger partial charge in [-0.15, -0.1) is 0 Å². The average Bonchev–Trinajstić information content (AvgIpc) is 2.64. The van der Waals surface area contributed by atoms with E-state index in [1.807, 2.05) is 67.6 Å². The van der Waals surface area contributed by atoms with E-state index in [0.717, 1.165) is 22.7 Å². The van der Waals surface area contributed by atoms with Gasteiger partial charge in [0.15, 0.2) is 0 Å². The van der Waals surface area contributed by atoms with Crippen LogP contribution in [0.3, 0.4) is 0 Å². The maximum absolute atomic E-state index is 12.0. The highest BCUT2D eigenvalue weighted by Gasteiger charge is 2.04. The Morgan fingerprint density at radius 1 is 1.00 bits per heavy atom. The van der Waals surface area contributed by atoms with E-state index < -0.39 is 0 Å². The number of pyridine rings is 1. The molecule has 0 spiro atoms. The van der Waals surface area contributed by atoms with Gasteiger partial charge in [-0.1, -0.05) is 23.8 Å². The van der Waals surface area contributed by atoms with Crippen LogP contribution < -0.4 is 10.1 Å². The molecule has 25 heavy (non-hydrogen) atoms. The molecule has 0 aliphatic rings. The van der Waals surface area contributed by atoms with Crippen LogP contribution in [0.2, 0.25) is 0 Å². The fourth-order valence-electron chi connectivity index (χ4n) is 2.38. The van der Waals surface area contributed by atoms with Crippen LogP contribution in [-0.4, -0.2) is 10.9 Å². The summed E-state index contributed by atoms with van der Waals surface area (Å²) in [5, 5.41) is 2.90. The van der Waals surface area contributed by atoms with Crippen molar-refractivity contribution in [1.82, 2.24) is 4.98 Å². The SMILES string of the molecule is Cc1ccc(Oc2ccc(NC(=O)CCc3cccnc3)cc2)cc1. The molecule has 2 aromatic carbocycles. The fourth-order valence-corrected chi connectivity index (χ4v) is 2.38. The zero-order valence-corrected chi connectivity index (χ0v) is 14.1. The van der Waals surface area contributed by atoms with Crippen LogP contribution >= 0.6 is 0 Å². The molecule has 126 valence electrons. The first-order valence-corrected chi connectivity index (χ1v) is 8.22. The Hall–Kier alpha value is -3.14. The van der Waals surface area contributed by atoms with E-state index in [-0.39, 0.29) is 5.91 Å². The molecule has 0 aliphatic carbocycles. The summed E-state index contributed by atoms with van der Waals surface area (Å²) in [6, 6.07) is 19.1. The van der Waals surface area contributed by atoms with Gasteiger partial charge in [0.1, 0.15) is 11.5 Å². The van der Waals surface area contributed by atoms with Crippen molar-refractivity contribution in [2.75, 3.05) is 5.32 Å². The van der Waals surface area contributed by atoms with E-state index in [1.165, 1.54) is 5.56 Å². The van der Waals surface area contributed by atoms with Crippen molar-refractivity contribution in [3.05, 3.63) is 84.2 Å². The van der Waals surface area contributed by atoms with Gasteiger partial charge in [0.2, 0.25) is 5.91 Å². The van der Waals surface area contributed by atoms with Gasteiger partial charge in [-0.3, -0.25) is 9.78 Å². The maximum atomic E-state index is 12.0. The van der Waals surface area contributed by atoms with E-state index in [2.05, 4.69) is 10.3 Å². The Bertz CT molecular complexity index is 813. The van der Waals surface area contributed by atoms with Crippen LogP contribution in [0.25, 0.3) is 0 Å². The first kappa shape index (κ1) is 16.7. The minimum atomic E-state index is -0.0175. The Morgan fingerprint density at radius 2 is 1.68 bits per heavy atom. The number of hydrogen-bond donors (Lipinski definition) is 1. The minimum absolute atomic E-state index is 0.0175. The summed E-state index contributed by atoms with van der Waals surface area (Å²) in [4.78, 5) is 16.1. The van der Waals surface area contributed by atoms with Gasteiger partial charge in [0, 0.05) is 24.5 Å². The molecule has 0 saturated heterocycles. The van der Waals surface area contributed by atoms with Crippen molar-refractivity contribution in [3.8, 4) is 11.5 Å². The molecular weight excluding hydrogens is 312 g/mol. The molecule has 0 unspecified atom stereocenters. The van der Waals surface area contributed by atoms with Crippen LogP contribution in [0, 0.1) is 6.92 Å². The number of carbonyl (C=O) groups is 1. The number of nitrogens with one attached hydrogen (secondary N) is 1. The van der Waals surface area contributed by atoms with Crippen LogP contribution in [0.4, 0.5) is 5.69 Å². The zero-order chi connectivity index (χ0) is 17.5. The lowest BCUT2D eigenvalue weighted by molar-refractivity contribution is -0.116. The number of benzene rings is 2. The van der Waals surface area contributed by atoms with E-state index in [0.29, 0.717) is 12.8 Å². The first-order chi connectivity index (χ1) is 12.2. The van der Waals surface area contributed by atoms with Gasteiger partial charge in [-0.2, -0.15) is 0 Å². The largest absolute Gasteiger partial charge is 0.457 e. The molecule has 0 fully saturated rings. The minimum Gasteiger partial charge on any atom is -0.457 e. The molecule has 0 atom stereocenters. The van der Waals surface area contributed by atoms with Crippen LogP contribution in [-0.2, 0) is 11.2 Å². The highest BCUT2D eigenvalue weighted by Crippen LogP contribution is 2.23. The third kappa shape index (κ3) is 5.18. The van der Waals surface area contributed by atoms with Crippen molar-refractivity contribution < 1.29 is 9.53 Å². The van der Waals surface area contributed by atoms with E-state index >= 15 is 0 Å². The van der Waals surface area contributed by atoms with Crippen molar-refractivity contribution in [2.24, 2.45) is 0 Å². The number of aromatic nitrogens is 1. The van der Waals surface area contributed by atoms with Crippen LogP contribution in [0.1, 0.15) is 17.5 Å². The van der Waals surface area contributed by atoms with Gasteiger partial charge in [-0.25, -0.2) is 0 Å². The second-order valence-corrected chi connectivity index (χ2v) is 5.85. The van der Waals surface area contributed by atoms with Gasteiger partial charge < -0.3 is 10.1 Å². The van der Waals surface area contributed by atoms with Gasteiger partial charge >= 0.3 is 0 Å². The topological polar surface area (TPSA) is 51.2 Å².